The van der Waals surface area contributed by atoms with Crippen LogP contribution in [0.1, 0.15) is 69.4 Å². The monoisotopic (exact) mass is 260 g/mol. The number of benzene rings is 1. The molecule has 0 aromatic carbocycles. The summed E-state index contributed by atoms with van der Waals surface area (Å²) in [5.41, 5.74) is 5.59. The second-order valence-electron chi connectivity index (χ2n) is 5.89. The second-order valence-corrected chi connectivity index (χ2v) is 5.89. The number of aryl methyl sites for hydroxylation is 1. The van der Waals surface area contributed by atoms with E-state index in [4.69, 9.17) is 4.74 Å². The van der Waals surface area contributed by atoms with Crippen LogP contribution in [0.4, 0.5) is 0 Å². The van der Waals surface area contributed by atoms with Gasteiger partial charge in [-0.2, -0.15) is 0 Å². The Bertz CT molecular complexity index is 420. The smallest absolute Gasteiger partial charge is 0.135 e. The van der Waals surface area contributed by atoms with E-state index in [0.29, 0.717) is 0 Å². The zero-order valence-electron chi connectivity index (χ0n) is 12.8. The van der Waals surface area contributed by atoms with Crippen LogP contribution in [0.15, 0.2) is 6.07 Å². The van der Waals surface area contributed by atoms with Crippen molar-refractivity contribution in [3.05, 3.63) is 17.2 Å². The first-order valence-corrected chi connectivity index (χ1v) is 8.03. The van der Waals surface area contributed by atoms with E-state index in [-0.39, 0.29) is 0 Å². The molecule has 0 spiro atoms. The minimum Gasteiger partial charge on any atom is -0.492 e. The highest BCUT2D eigenvalue weighted by molar-refractivity contribution is 5.98. The summed E-state index contributed by atoms with van der Waals surface area (Å²) < 4.78 is 5.86. The number of fused-ring (bicyclic) bond motifs is 1. The first-order valence-electron chi connectivity index (χ1n) is 8.03. The molecule has 1 nitrogen and oxygen atoms in total. The molecule has 2 aliphatic rings. The Labute approximate surface area is 118 Å². The largest absolute Gasteiger partial charge is 0.492 e. The molecule has 0 bridgehead atoms. The summed E-state index contributed by atoms with van der Waals surface area (Å²) >= 11 is 0. The molecule has 0 unspecified atom stereocenters. The number of hydrogen-bond acceptors (Lipinski definition) is 1. The maximum absolute atomic E-state index is 5.86. The molecule has 0 heterocycles. The second kappa shape index (κ2) is 6.98. The lowest BCUT2D eigenvalue weighted by Gasteiger charge is -2.02. The Morgan fingerprint density at radius 2 is 1.53 bits per heavy atom. The van der Waals surface area contributed by atoms with Gasteiger partial charge in [0.05, 0.1) is 6.61 Å². The first kappa shape index (κ1) is 14.4. The first-order chi connectivity index (χ1) is 9.25. The van der Waals surface area contributed by atoms with Gasteiger partial charge in [0.15, 0.2) is 0 Å². The third kappa shape index (κ3) is 3.75. The zero-order chi connectivity index (χ0) is 13.7. The highest BCUT2D eigenvalue weighted by Crippen LogP contribution is 2.55. The fraction of sp³-hybridized carbons (Fsp3) is 0.667. The topological polar surface area (TPSA) is 9.23 Å². The van der Waals surface area contributed by atoms with Gasteiger partial charge in [0.25, 0.3) is 0 Å². The number of hydrogen-bond donors (Lipinski definition) is 0. The Kier molecular flexibility index (Phi) is 5.30. The van der Waals surface area contributed by atoms with Crippen LogP contribution in [0.5, 0.6) is 5.75 Å². The molecule has 0 N–H and O–H groups in total. The Balaban J connectivity index is 1.48. The fourth-order valence-corrected chi connectivity index (χ4v) is 2.78. The van der Waals surface area contributed by atoms with Gasteiger partial charge in [0, 0.05) is 11.1 Å². The lowest BCUT2D eigenvalue weighted by molar-refractivity contribution is 0.314. The normalized spacial score (nSPS) is 11.7. The van der Waals surface area contributed by atoms with Crippen LogP contribution in [-0.2, 0) is 0 Å². The van der Waals surface area contributed by atoms with Crippen molar-refractivity contribution in [3.8, 4) is 16.9 Å². The van der Waals surface area contributed by atoms with E-state index in [2.05, 4.69) is 26.8 Å². The van der Waals surface area contributed by atoms with E-state index in [1.165, 1.54) is 79.4 Å². The quantitative estimate of drug-likeness (QED) is 0.490. The lowest BCUT2D eigenvalue weighted by Crippen LogP contribution is -1.94. The molecule has 2 aliphatic carbocycles. The summed E-state index contributed by atoms with van der Waals surface area (Å²) in [7, 11) is 0. The van der Waals surface area contributed by atoms with Crippen LogP contribution in [0.25, 0.3) is 11.1 Å². The van der Waals surface area contributed by atoms with Gasteiger partial charge in [-0.3, -0.25) is 0 Å². The summed E-state index contributed by atoms with van der Waals surface area (Å²) in [6, 6.07) is 2.26. The molecule has 0 saturated heterocycles. The van der Waals surface area contributed by atoms with E-state index in [0.717, 1.165) is 6.61 Å². The van der Waals surface area contributed by atoms with E-state index in [9.17, 15) is 0 Å². The maximum Gasteiger partial charge on any atom is 0.135 e. The summed E-state index contributed by atoms with van der Waals surface area (Å²) in [4.78, 5) is 0. The van der Waals surface area contributed by atoms with Crippen molar-refractivity contribution in [3.63, 3.8) is 0 Å². The number of ether oxygens (including phenoxy) is 1. The zero-order valence-corrected chi connectivity index (χ0v) is 12.8. The van der Waals surface area contributed by atoms with E-state index < -0.39 is 0 Å². The van der Waals surface area contributed by atoms with Crippen LogP contribution >= 0.6 is 0 Å². The van der Waals surface area contributed by atoms with Gasteiger partial charge in [-0.15, -0.1) is 0 Å². The van der Waals surface area contributed by atoms with Crippen molar-refractivity contribution in [1.29, 1.82) is 0 Å². The lowest BCUT2D eigenvalue weighted by atomic mass is 10.1. The third-order valence-corrected chi connectivity index (χ3v) is 4.25. The molecule has 0 radical (unpaired) electrons. The molecule has 19 heavy (non-hydrogen) atoms. The van der Waals surface area contributed by atoms with Crippen molar-refractivity contribution >= 4 is 0 Å². The van der Waals surface area contributed by atoms with Crippen LogP contribution < -0.4 is 4.74 Å². The number of rotatable bonds is 10. The molecule has 106 valence electrons. The Morgan fingerprint density at radius 3 is 2.11 bits per heavy atom. The highest BCUT2D eigenvalue weighted by atomic mass is 16.5. The van der Waals surface area contributed by atoms with Crippen molar-refractivity contribution in [2.75, 3.05) is 6.61 Å². The van der Waals surface area contributed by atoms with Crippen molar-refractivity contribution < 1.29 is 4.74 Å². The molecular formula is C18H28O. The van der Waals surface area contributed by atoms with Gasteiger partial charge in [-0.05, 0) is 37.5 Å². The van der Waals surface area contributed by atoms with Crippen molar-refractivity contribution in [2.24, 2.45) is 0 Å². The van der Waals surface area contributed by atoms with Gasteiger partial charge < -0.3 is 4.74 Å². The van der Waals surface area contributed by atoms with Crippen molar-refractivity contribution in [2.45, 2.75) is 72.1 Å². The van der Waals surface area contributed by atoms with Crippen LogP contribution in [0, 0.1) is 13.8 Å². The standard InChI is InChI=1S/C18H28O/c1-4-5-6-7-8-9-10-11-12-19-18-16-13-14(2)15(3)17(16)18/h13H,4-12H2,1-3H3. The van der Waals surface area contributed by atoms with Crippen molar-refractivity contribution in [1.82, 2.24) is 0 Å². The molecule has 1 heteroatoms. The van der Waals surface area contributed by atoms with E-state index in [1.807, 2.05) is 0 Å². The average molecular weight is 260 g/mol. The van der Waals surface area contributed by atoms with Gasteiger partial charge in [0.2, 0.25) is 0 Å². The number of unbranched alkanes of at least 4 members (excludes halogenated alkanes) is 7. The summed E-state index contributed by atoms with van der Waals surface area (Å²) in [5, 5.41) is 0. The maximum atomic E-state index is 5.86. The average Bonchev–Trinajstić information content (AvgIpc) is 2.99. The SMILES string of the molecule is CCCCCCCCCCOc1c2cc(C)c(C)c1-2. The third-order valence-electron chi connectivity index (χ3n) is 4.25. The molecule has 0 amide bonds. The molecule has 0 saturated carbocycles. The summed E-state index contributed by atoms with van der Waals surface area (Å²) in [6.45, 7) is 7.55. The van der Waals surface area contributed by atoms with E-state index in [1.54, 1.807) is 0 Å². The molecule has 0 atom stereocenters. The van der Waals surface area contributed by atoms with Crippen LogP contribution in [-0.4, -0.2) is 6.61 Å². The van der Waals surface area contributed by atoms with Gasteiger partial charge in [0.1, 0.15) is 5.75 Å². The molecule has 0 fully saturated rings. The van der Waals surface area contributed by atoms with Gasteiger partial charge >= 0.3 is 0 Å². The summed E-state index contributed by atoms with van der Waals surface area (Å²) in [6.07, 6.45) is 10.9. The Hall–Kier alpha value is -0.980. The minimum atomic E-state index is 0.900. The minimum absolute atomic E-state index is 0.900. The molecule has 2 rings (SSSR count). The predicted octanol–water partition coefficient (Wildman–Crippen LogP) is 5.80. The van der Waals surface area contributed by atoms with Crippen LogP contribution in [0.2, 0.25) is 0 Å². The predicted molar refractivity (Wildman–Crippen MR) is 83.0 cm³/mol. The highest BCUT2D eigenvalue weighted by Gasteiger charge is 2.30. The van der Waals surface area contributed by atoms with E-state index >= 15 is 0 Å². The molecule has 0 aliphatic heterocycles. The summed E-state index contributed by atoms with van der Waals surface area (Å²) in [5.74, 6) is 1.19. The molecule has 0 aromatic rings. The van der Waals surface area contributed by atoms with Gasteiger partial charge in [-0.1, -0.05) is 51.9 Å². The fourth-order valence-electron chi connectivity index (χ4n) is 2.78. The van der Waals surface area contributed by atoms with Gasteiger partial charge in [-0.25, -0.2) is 0 Å². The molecular weight excluding hydrogens is 232 g/mol. The van der Waals surface area contributed by atoms with Crippen LogP contribution in [0.3, 0.4) is 0 Å². The molecule has 0 aromatic heterocycles. The Morgan fingerprint density at radius 1 is 0.895 bits per heavy atom.